The van der Waals surface area contributed by atoms with E-state index in [0.717, 1.165) is 12.0 Å². The molecule has 17 heavy (non-hydrogen) atoms. The van der Waals surface area contributed by atoms with Gasteiger partial charge in [-0.15, -0.1) is 0 Å². The second kappa shape index (κ2) is 8.99. The van der Waals surface area contributed by atoms with Gasteiger partial charge in [0.2, 0.25) is 0 Å². The Morgan fingerprint density at radius 1 is 1.29 bits per heavy atom. The number of hydrogen-bond acceptors (Lipinski definition) is 3. The lowest BCUT2D eigenvalue weighted by molar-refractivity contribution is 0.461. The van der Waals surface area contributed by atoms with Crippen molar-refractivity contribution in [3.05, 3.63) is 23.4 Å². The molecule has 0 bridgehead atoms. The van der Waals surface area contributed by atoms with E-state index in [1.54, 1.807) is 7.05 Å². The molecule has 2 atom stereocenters. The molecule has 3 heteroatoms. The topological polar surface area (TPSA) is 36.4 Å². The molecule has 98 valence electrons. The van der Waals surface area contributed by atoms with Crippen molar-refractivity contribution < 1.29 is 0 Å². The van der Waals surface area contributed by atoms with Crippen LogP contribution in [0.4, 0.5) is 0 Å². The van der Waals surface area contributed by atoms with E-state index < -0.39 is 0 Å². The van der Waals surface area contributed by atoms with Crippen LogP contribution in [0.15, 0.2) is 28.4 Å². The molecule has 0 aromatic carbocycles. The van der Waals surface area contributed by atoms with Crippen LogP contribution in [0.2, 0.25) is 0 Å². The zero-order chi connectivity index (χ0) is 13.3. The van der Waals surface area contributed by atoms with Crippen LogP contribution < -0.4 is 10.6 Å². The summed E-state index contributed by atoms with van der Waals surface area (Å²) < 4.78 is 0. The van der Waals surface area contributed by atoms with Gasteiger partial charge in [0.05, 0.1) is 0 Å². The lowest BCUT2D eigenvalue weighted by atomic mass is 9.95. The van der Waals surface area contributed by atoms with Crippen molar-refractivity contribution in [1.29, 1.82) is 0 Å². The van der Waals surface area contributed by atoms with Crippen LogP contribution in [0.3, 0.4) is 0 Å². The third-order valence-corrected chi connectivity index (χ3v) is 3.04. The average molecular weight is 237 g/mol. The zero-order valence-corrected chi connectivity index (χ0v) is 12.0. The minimum atomic E-state index is 0.416. The van der Waals surface area contributed by atoms with E-state index in [1.165, 1.54) is 5.70 Å². The first-order chi connectivity index (χ1) is 8.12. The summed E-state index contributed by atoms with van der Waals surface area (Å²) in [5.74, 6) is 0.416. The molecule has 3 nitrogen and oxygen atoms in total. The van der Waals surface area contributed by atoms with Gasteiger partial charge >= 0.3 is 0 Å². The van der Waals surface area contributed by atoms with Gasteiger partial charge in [0, 0.05) is 43.5 Å². The highest BCUT2D eigenvalue weighted by Gasteiger charge is 2.16. The molecule has 0 aromatic rings. The fourth-order valence-corrected chi connectivity index (χ4v) is 1.72. The van der Waals surface area contributed by atoms with Gasteiger partial charge < -0.3 is 10.6 Å². The first kappa shape index (κ1) is 15.9. The Bertz CT molecular complexity index is 290. The summed E-state index contributed by atoms with van der Waals surface area (Å²) in [7, 11) is 5.76. The lowest BCUT2D eigenvalue weighted by Gasteiger charge is -2.23. The first-order valence-electron chi connectivity index (χ1n) is 6.30. The van der Waals surface area contributed by atoms with Crippen LogP contribution >= 0.6 is 0 Å². The van der Waals surface area contributed by atoms with E-state index in [4.69, 9.17) is 0 Å². The van der Waals surface area contributed by atoms with E-state index in [9.17, 15) is 0 Å². The second-order valence-corrected chi connectivity index (χ2v) is 4.18. The highest BCUT2D eigenvalue weighted by atomic mass is 14.9. The summed E-state index contributed by atoms with van der Waals surface area (Å²) >= 11 is 0. The normalized spacial score (nSPS) is 17.3. The maximum Gasteiger partial charge on any atom is 0.0298 e. The molecule has 2 unspecified atom stereocenters. The summed E-state index contributed by atoms with van der Waals surface area (Å²) in [4.78, 5) is 4.13. The van der Waals surface area contributed by atoms with E-state index >= 15 is 0 Å². The Hall–Kier alpha value is -1.09. The summed E-state index contributed by atoms with van der Waals surface area (Å²) in [5, 5.41) is 6.60. The van der Waals surface area contributed by atoms with E-state index in [2.05, 4.69) is 48.5 Å². The third-order valence-electron chi connectivity index (χ3n) is 3.04. The van der Waals surface area contributed by atoms with Gasteiger partial charge in [-0.2, -0.15) is 0 Å². The molecule has 0 spiro atoms. The maximum absolute atomic E-state index is 4.13. The van der Waals surface area contributed by atoms with Crippen molar-refractivity contribution in [3.8, 4) is 0 Å². The first-order valence-corrected chi connectivity index (χ1v) is 6.30. The number of nitrogens with zero attached hydrogens (tertiary/aromatic N) is 1. The zero-order valence-electron chi connectivity index (χ0n) is 12.0. The largest absolute Gasteiger partial charge is 0.391 e. The minimum absolute atomic E-state index is 0.416. The molecule has 0 saturated heterocycles. The Labute approximate surface area is 106 Å². The Kier molecular flexibility index (Phi) is 8.42. The Morgan fingerprint density at radius 3 is 2.35 bits per heavy atom. The molecule has 0 rings (SSSR count). The maximum atomic E-state index is 4.13. The molecular formula is C14H27N3. The molecule has 0 aliphatic rings. The highest BCUT2D eigenvalue weighted by molar-refractivity contribution is 5.83. The van der Waals surface area contributed by atoms with Gasteiger partial charge in [-0.05, 0) is 20.4 Å². The molecule has 0 aliphatic carbocycles. The molecule has 0 aliphatic heterocycles. The van der Waals surface area contributed by atoms with Crippen molar-refractivity contribution in [3.63, 3.8) is 0 Å². The van der Waals surface area contributed by atoms with Crippen molar-refractivity contribution in [2.45, 2.75) is 33.2 Å². The van der Waals surface area contributed by atoms with Crippen molar-refractivity contribution in [2.75, 3.05) is 21.1 Å². The number of hydrogen-bond donors (Lipinski definition) is 2. The smallest absolute Gasteiger partial charge is 0.0298 e. The van der Waals surface area contributed by atoms with Crippen LogP contribution in [-0.4, -0.2) is 33.4 Å². The standard InChI is InChI=1S/C14H27N3/c1-7-8-9-13(10-15-4)14(17-6)11(2)12(3)16-5/h8-12,16-17H,7H2,1-6H3/b9-8+,14-13?,15-10?. The molecule has 0 saturated carbocycles. The summed E-state index contributed by atoms with van der Waals surface area (Å²) in [6.45, 7) is 6.54. The molecule has 0 heterocycles. The second-order valence-electron chi connectivity index (χ2n) is 4.18. The van der Waals surface area contributed by atoms with Gasteiger partial charge in [0.15, 0.2) is 0 Å². The predicted octanol–water partition coefficient (Wildman–Crippen LogP) is 2.37. The molecule has 2 N–H and O–H groups in total. The van der Waals surface area contributed by atoms with Gasteiger partial charge in [-0.1, -0.05) is 26.0 Å². The third kappa shape index (κ3) is 5.18. The van der Waals surface area contributed by atoms with Gasteiger partial charge in [0.1, 0.15) is 0 Å². The van der Waals surface area contributed by atoms with Crippen LogP contribution in [0.1, 0.15) is 27.2 Å². The van der Waals surface area contributed by atoms with Crippen molar-refractivity contribution >= 4 is 6.21 Å². The average Bonchev–Trinajstić information content (AvgIpc) is 2.35. The molecular weight excluding hydrogens is 210 g/mol. The Morgan fingerprint density at radius 2 is 1.94 bits per heavy atom. The van der Waals surface area contributed by atoms with E-state index in [1.807, 2.05) is 20.3 Å². The molecule has 0 amide bonds. The summed E-state index contributed by atoms with van der Waals surface area (Å²) in [6, 6.07) is 0.424. The Balaban J connectivity index is 5.25. The summed E-state index contributed by atoms with van der Waals surface area (Å²) in [6.07, 6.45) is 7.24. The molecule has 0 fully saturated rings. The van der Waals surface area contributed by atoms with Crippen LogP contribution in [0.5, 0.6) is 0 Å². The van der Waals surface area contributed by atoms with Crippen molar-refractivity contribution in [1.82, 2.24) is 10.6 Å². The summed E-state index contributed by atoms with van der Waals surface area (Å²) in [5.41, 5.74) is 2.38. The van der Waals surface area contributed by atoms with Crippen LogP contribution in [0, 0.1) is 5.92 Å². The van der Waals surface area contributed by atoms with Gasteiger partial charge in [-0.3, -0.25) is 4.99 Å². The van der Waals surface area contributed by atoms with Crippen LogP contribution in [0.25, 0.3) is 0 Å². The van der Waals surface area contributed by atoms with E-state index in [0.29, 0.717) is 12.0 Å². The molecule has 0 aromatic heterocycles. The van der Waals surface area contributed by atoms with Gasteiger partial charge in [0.25, 0.3) is 0 Å². The predicted molar refractivity (Wildman–Crippen MR) is 77.6 cm³/mol. The molecule has 0 radical (unpaired) electrons. The van der Waals surface area contributed by atoms with Crippen molar-refractivity contribution in [2.24, 2.45) is 10.9 Å². The number of nitrogens with one attached hydrogen (secondary N) is 2. The quantitative estimate of drug-likeness (QED) is 0.527. The highest BCUT2D eigenvalue weighted by Crippen LogP contribution is 2.16. The number of rotatable bonds is 7. The van der Waals surface area contributed by atoms with Gasteiger partial charge in [-0.25, -0.2) is 0 Å². The monoisotopic (exact) mass is 237 g/mol. The number of aliphatic imine (C=N–C) groups is 1. The van der Waals surface area contributed by atoms with E-state index in [-0.39, 0.29) is 0 Å². The van der Waals surface area contributed by atoms with Crippen LogP contribution in [-0.2, 0) is 0 Å². The number of allylic oxidation sites excluding steroid dienone is 3. The minimum Gasteiger partial charge on any atom is -0.391 e. The SMILES string of the molecule is CC/C=C/C(C=NC)=C(NC)C(C)C(C)NC. The fraction of sp³-hybridized carbons (Fsp3) is 0.643. The lowest BCUT2D eigenvalue weighted by Crippen LogP contribution is -2.33. The fourth-order valence-electron chi connectivity index (χ4n) is 1.72.